The van der Waals surface area contributed by atoms with Gasteiger partial charge in [-0.15, -0.1) is 6.58 Å². The lowest BCUT2D eigenvalue weighted by Gasteiger charge is -1.98. The molecule has 0 aromatic heterocycles. The van der Waals surface area contributed by atoms with Crippen molar-refractivity contribution in [2.45, 2.75) is 32.1 Å². The summed E-state index contributed by atoms with van der Waals surface area (Å²) in [7, 11) is 1.37. The average Bonchev–Trinajstić information content (AvgIpc) is 2.12. The maximum atomic E-state index is 11.0. The predicted molar refractivity (Wildman–Crippen MR) is 50.3 cm³/mol. The van der Waals surface area contributed by atoms with Crippen LogP contribution in [0.1, 0.15) is 32.1 Å². The number of carbonyl (C=O) groups excluding carboxylic acids is 2. The highest BCUT2D eigenvalue weighted by Crippen LogP contribution is 2.03. The quantitative estimate of drug-likeness (QED) is 0.344. The molecule has 0 aromatic rings. The van der Waals surface area contributed by atoms with Crippen molar-refractivity contribution < 1.29 is 14.3 Å². The fraction of sp³-hybridized carbons (Fsp3) is 0.600. The van der Waals surface area contributed by atoms with Gasteiger partial charge in [-0.1, -0.05) is 6.08 Å². The Bertz CT molecular complexity index is 185. The minimum Gasteiger partial charge on any atom is -0.469 e. The van der Waals surface area contributed by atoms with E-state index in [1.165, 1.54) is 7.11 Å². The highest BCUT2D eigenvalue weighted by Gasteiger charge is 2.02. The number of esters is 1. The van der Waals surface area contributed by atoms with Gasteiger partial charge in [0, 0.05) is 19.3 Å². The number of Topliss-reactive ketones (excluding diaryl/α,β-unsaturated/α-hetero) is 1. The molecule has 0 aliphatic rings. The highest BCUT2D eigenvalue weighted by atomic mass is 16.5. The summed E-state index contributed by atoms with van der Waals surface area (Å²) in [5, 5.41) is 0. The van der Waals surface area contributed by atoms with E-state index in [-0.39, 0.29) is 11.8 Å². The van der Waals surface area contributed by atoms with Crippen molar-refractivity contribution in [2.75, 3.05) is 7.11 Å². The first-order valence-corrected chi connectivity index (χ1v) is 4.40. The molecule has 0 amide bonds. The molecule has 0 radical (unpaired) electrons. The Balaban J connectivity index is 3.30. The van der Waals surface area contributed by atoms with Crippen LogP contribution in [0.15, 0.2) is 12.7 Å². The Hall–Kier alpha value is -1.12. The van der Waals surface area contributed by atoms with Crippen LogP contribution in [0.25, 0.3) is 0 Å². The van der Waals surface area contributed by atoms with Crippen LogP contribution in [-0.2, 0) is 14.3 Å². The van der Waals surface area contributed by atoms with Crippen molar-refractivity contribution >= 4 is 11.8 Å². The zero-order valence-electron chi connectivity index (χ0n) is 8.04. The van der Waals surface area contributed by atoms with E-state index in [0.29, 0.717) is 19.3 Å². The third-order valence-corrected chi connectivity index (χ3v) is 1.69. The van der Waals surface area contributed by atoms with Crippen molar-refractivity contribution in [3.8, 4) is 0 Å². The summed E-state index contributed by atoms with van der Waals surface area (Å²) in [5.41, 5.74) is 0. The van der Waals surface area contributed by atoms with Gasteiger partial charge in [-0.25, -0.2) is 0 Å². The smallest absolute Gasteiger partial charge is 0.305 e. The first-order valence-electron chi connectivity index (χ1n) is 4.40. The first-order chi connectivity index (χ1) is 6.20. The van der Waals surface area contributed by atoms with E-state index in [0.717, 1.165) is 12.8 Å². The Morgan fingerprint density at radius 3 is 2.46 bits per heavy atom. The standard InChI is InChI=1S/C10H16O3/c1-3-6-9(11)7-4-5-8-10(12)13-2/h3H,1,4-8H2,2H3. The molecule has 74 valence electrons. The number of methoxy groups -OCH3 is 1. The maximum absolute atomic E-state index is 11.0. The molecule has 0 heterocycles. The molecule has 3 heteroatoms. The molecule has 0 fully saturated rings. The number of rotatable bonds is 7. The average molecular weight is 184 g/mol. The molecule has 0 aliphatic carbocycles. The number of ketones is 1. The highest BCUT2D eigenvalue weighted by molar-refractivity contribution is 5.79. The SMILES string of the molecule is C=CCC(=O)CCCCC(=O)OC. The topological polar surface area (TPSA) is 43.4 Å². The number of unbranched alkanes of at least 4 members (excludes halogenated alkanes) is 1. The summed E-state index contributed by atoms with van der Waals surface area (Å²) in [6.45, 7) is 3.48. The van der Waals surface area contributed by atoms with Crippen LogP contribution in [0.4, 0.5) is 0 Å². The monoisotopic (exact) mass is 184 g/mol. The van der Waals surface area contributed by atoms with Gasteiger partial charge in [-0.3, -0.25) is 9.59 Å². The van der Waals surface area contributed by atoms with Crippen molar-refractivity contribution in [2.24, 2.45) is 0 Å². The summed E-state index contributed by atoms with van der Waals surface area (Å²) in [5.74, 6) is -0.0314. The number of allylic oxidation sites excluding steroid dienone is 1. The zero-order valence-corrected chi connectivity index (χ0v) is 8.04. The number of ether oxygens (including phenoxy) is 1. The largest absolute Gasteiger partial charge is 0.469 e. The molecule has 0 rings (SSSR count). The lowest BCUT2D eigenvalue weighted by molar-refractivity contribution is -0.140. The molecular formula is C10H16O3. The van der Waals surface area contributed by atoms with E-state index >= 15 is 0 Å². The van der Waals surface area contributed by atoms with E-state index < -0.39 is 0 Å². The van der Waals surface area contributed by atoms with Crippen molar-refractivity contribution in [1.29, 1.82) is 0 Å². The van der Waals surface area contributed by atoms with Crippen LogP contribution in [0, 0.1) is 0 Å². The van der Waals surface area contributed by atoms with Gasteiger partial charge >= 0.3 is 5.97 Å². The van der Waals surface area contributed by atoms with E-state index in [4.69, 9.17) is 0 Å². The number of hydrogen-bond donors (Lipinski definition) is 0. The lowest BCUT2D eigenvalue weighted by atomic mass is 10.1. The van der Waals surface area contributed by atoms with E-state index in [9.17, 15) is 9.59 Å². The van der Waals surface area contributed by atoms with Gasteiger partial charge in [0.05, 0.1) is 7.11 Å². The molecule has 13 heavy (non-hydrogen) atoms. The van der Waals surface area contributed by atoms with Crippen LogP contribution in [0.3, 0.4) is 0 Å². The van der Waals surface area contributed by atoms with Gasteiger partial charge in [-0.05, 0) is 12.8 Å². The summed E-state index contributed by atoms with van der Waals surface area (Å²) in [6.07, 6.45) is 4.43. The maximum Gasteiger partial charge on any atom is 0.305 e. The Labute approximate surface area is 78.8 Å². The third-order valence-electron chi connectivity index (χ3n) is 1.69. The van der Waals surface area contributed by atoms with E-state index in [1.807, 2.05) is 0 Å². The van der Waals surface area contributed by atoms with Gasteiger partial charge in [0.15, 0.2) is 0 Å². The summed E-state index contributed by atoms with van der Waals surface area (Å²) in [4.78, 5) is 21.6. The van der Waals surface area contributed by atoms with Crippen LogP contribution >= 0.6 is 0 Å². The fourth-order valence-electron chi connectivity index (χ4n) is 0.957. The van der Waals surface area contributed by atoms with Crippen LogP contribution in [0.2, 0.25) is 0 Å². The molecule has 0 saturated carbocycles. The van der Waals surface area contributed by atoms with Crippen LogP contribution < -0.4 is 0 Å². The van der Waals surface area contributed by atoms with E-state index in [2.05, 4.69) is 11.3 Å². The van der Waals surface area contributed by atoms with Gasteiger partial charge < -0.3 is 4.74 Å². The molecule has 0 saturated heterocycles. The number of hydrogen-bond acceptors (Lipinski definition) is 3. The third kappa shape index (κ3) is 7.25. The number of carbonyl (C=O) groups is 2. The molecular weight excluding hydrogens is 168 g/mol. The molecule has 0 aliphatic heterocycles. The Morgan fingerprint density at radius 2 is 1.92 bits per heavy atom. The van der Waals surface area contributed by atoms with Crippen molar-refractivity contribution in [3.05, 3.63) is 12.7 Å². The van der Waals surface area contributed by atoms with Gasteiger partial charge in [0.1, 0.15) is 5.78 Å². The van der Waals surface area contributed by atoms with E-state index in [1.54, 1.807) is 6.08 Å². The first kappa shape index (κ1) is 11.9. The normalized spacial score (nSPS) is 9.31. The Morgan fingerprint density at radius 1 is 1.31 bits per heavy atom. The molecule has 0 spiro atoms. The predicted octanol–water partition coefficient (Wildman–Crippen LogP) is 1.86. The molecule has 0 N–H and O–H groups in total. The molecule has 0 aromatic carbocycles. The van der Waals surface area contributed by atoms with Gasteiger partial charge in [0.2, 0.25) is 0 Å². The summed E-state index contributed by atoms with van der Waals surface area (Å²) >= 11 is 0. The summed E-state index contributed by atoms with van der Waals surface area (Å²) in [6, 6.07) is 0. The van der Waals surface area contributed by atoms with Gasteiger partial charge in [0.25, 0.3) is 0 Å². The van der Waals surface area contributed by atoms with Crippen molar-refractivity contribution in [1.82, 2.24) is 0 Å². The second-order valence-electron chi connectivity index (χ2n) is 2.81. The molecule has 3 nitrogen and oxygen atoms in total. The van der Waals surface area contributed by atoms with Crippen LogP contribution in [-0.4, -0.2) is 18.9 Å². The summed E-state index contributed by atoms with van der Waals surface area (Å²) < 4.78 is 4.46. The lowest BCUT2D eigenvalue weighted by Crippen LogP contribution is -2.01. The molecule has 0 bridgehead atoms. The van der Waals surface area contributed by atoms with Crippen LogP contribution in [0.5, 0.6) is 0 Å². The fourth-order valence-corrected chi connectivity index (χ4v) is 0.957. The zero-order chi connectivity index (χ0) is 10.1. The Kier molecular flexibility index (Phi) is 6.88. The second-order valence-corrected chi connectivity index (χ2v) is 2.81. The minimum absolute atomic E-state index is 0.180. The molecule has 0 unspecified atom stereocenters. The second kappa shape index (κ2) is 7.53. The minimum atomic E-state index is -0.212. The van der Waals surface area contributed by atoms with Crippen molar-refractivity contribution in [3.63, 3.8) is 0 Å². The molecule has 0 atom stereocenters. The van der Waals surface area contributed by atoms with Gasteiger partial charge in [-0.2, -0.15) is 0 Å².